The number of nitrogens with zero attached hydrogens (tertiary/aromatic N) is 2. The van der Waals surface area contributed by atoms with E-state index in [1.165, 1.54) is 18.4 Å². The number of methoxy groups -OCH3 is 1. The van der Waals surface area contributed by atoms with Gasteiger partial charge in [-0.15, -0.1) is 11.3 Å². The van der Waals surface area contributed by atoms with Crippen LogP contribution in [0.25, 0.3) is 10.8 Å². The molecule has 0 bridgehead atoms. The average Bonchev–Trinajstić information content (AvgIpc) is 2.83. The van der Waals surface area contributed by atoms with Crippen LogP contribution >= 0.6 is 11.3 Å². The van der Waals surface area contributed by atoms with E-state index in [0.717, 1.165) is 9.88 Å². The predicted octanol–water partition coefficient (Wildman–Crippen LogP) is 1.94. The molecule has 0 amide bonds. The Morgan fingerprint density at radius 3 is 2.81 bits per heavy atom. The number of esters is 1. The van der Waals surface area contributed by atoms with Crippen LogP contribution in [0.4, 0.5) is 0 Å². The molecule has 0 atom stereocenters. The summed E-state index contributed by atoms with van der Waals surface area (Å²) in [4.78, 5) is 23.9. The van der Waals surface area contributed by atoms with Gasteiger partial charge in [0.15, 0.2) is 16.5 Å². The standard InChI is InChI=1S/C10H11N3O2S/c1-5-4-11-9(16-5)8-12-6(2)7(13-8)10(14)15-3/h4H,1-3H3,(H,12,13). The van der Waals surface area contributed by atoms with Crippen molar-refractivity contribution in [3.63, 3.8) is 0 Å². The Morgan fingerprint density at radius 2 is 2.25 bits per heavy atom. The Balaban J connectivity index is 2.41. The summed E-state index contributed by atoms with van der Waals surface area (Å²) in [5.74, 6) is 0.171. The largest absolute Gasteiger partial charge is 0.464 e. The number of imidazole rings is 1. The summed E-state index contributed by atoms with van der Waals surface area (Å²) in [7, 11) is 1.34. The van der Waals surface area contributed by atoms with E-state index in [9.17, 15) is 4.79 Å². The van der Waals surface area contributed by atoms with Crippen LogP contribution in [-0.2, 0) is 4.74 Å². The van der Waals surface area contributed by atoms with Crippen LogP contribution in [0.15, 0.2) is 6.20 Å². The second-order valence-electron chi connectivity index (χ2n) is 3.33. The highest BCUT2D eigenvalue weighted by atomic mass is 32.1. The molecule has 2 aromatic rings. The minimum Gasteiger partial charge on any atom is -0.464 e. The van der Waals surface area contributed by atoms with Crippen LogP contribution in [0, 0.1) is 13.8 Å². The van der Waals surface area contributed by atoms with Crippen molar-refractivity contribution >= 4 is 17.3 Å². The number of thiazole rings is 1. The smallest absolute Gasteiger partial charge is 0.358 e. The number of aromatic nitrogens is 3. The molecule has 0 spiro atoms. The summed E-state index contributed by atoms with van der Waals surface area (Å²) in [5, 5.41) is 0.774. The number of hydrogen-bond donors (Lipinski definition) is 1. The molecule has 84 valence electrons. The van der Waals surface area contributed by atoms with Crippen molar-refractivity contribution in [3.8, 4) is 10.8 Å². The van der Waals surface area contributed by atoms with Gasteiger partial charge >= 0.3 is 5.97 Å². The van der Waals surface area contributed by atoms with Gasteiger partial charge in [-0.3, -0.25) is 0 Å². The summed E-state index contributed by atoms with van der Waals surface area (Å²) in [5.41, 5.74) is 1.00. The number of nitrogens with one attached hydrogen (secondary N) is 1. The van der Waals surface area contributed by atoms with Crippen molar-refractivity contribution in [1.29, 1.82) is 0 Å². The number of hydrogen-bond acceptors (Lipinski definition) is 5. The molecule has 2 aromatic heterocycles. The molecular weight excluding hydrogens is 226 g/mol. The van der Waals surface area contributed by atoms with Crippen molar-refractivity contribution in [3.05, 3.63) is 22.5 Å². The molecule has 0 radical (unpaired) electrons. The first-order chi connectivity index (χ1) is 7.61. The molecule has 2 heterocycles. The molecule has 6 heteroatoms. The Kier molecular flexibility index (Phi) is 2.74. The number of ether oxygens (including phenoxy) is 1. The molecule has 0 unspecified atom stereocenters. The molecule has 5 nitrogen and oxygen atoms in total. The van der Waals surface area contributed by atoms with Gasteiger partial charge in [-0.1, -0.05) is 0 Å². The first-order valence-corrected chi connectivity index (χ1v) is 5.51. The number of H-pyrrole nitrogens is 1. The quantitative estimate of drug-likeness (QED) is 0.810. The lowest BCUT2D eigenvalue weighted by Gasteiger charge is -1.93. The molecule has 0 aliphatic heterocycles. The monoisotopic (exact) mass is 237 g/mol. The number of aryl methyl sites for hydroxylation is 2. The number of rotatable bonds is 2. The highest BCUT2D eigenvalue weighted by Crippen LogP contribution is 2.23. The van der Waals surface area contributed by atoms with E-state index in [1.54, 1.807) is 13.1 Å². The van der Waals surface area contributed by atoms with Crippen LogP contribution < -0.4 is 0 Å². The summed E-state index contributed by atoms with van der Waals surface area (Å²) in [6, 6.07) is 0. The minimum atomic E-state index is -0.437. The normalized spacial score (nSPS) is 10.4. The predicted molar refractivity (Wildman–Crippen MR) is 60.5 cm³/mol. The van der Waals surface area contributed by atoms with E-state index in [2.05, 4.69) is 19.7 Å². The first-order valence-electron chi connectivity index (χ1n) is 4.69. The van der Waals surface area contributed by atoms with Crippen molar-refractivity contribution in [1.82, 2.24) is 15.0 Å². The lowest BCUT2D eigenvalue weighted by molar-refractivity contribution is 0.0594. The van der Waals surface area contributed by atoms with Gasteiger partial charge in [-0.2, -0.15) is 0 Å². The summed E-state index contributed by atoms with van der Waals surface area (Å²) >= 11 is 1.53. The molecule has 0 aliphatic rings. The van der Waals surface area contributed by atoms with Gasteiger partial charge < -0.3 is 9.72 Å². The second kappa shape index (κ2) is 4.05. The van der Waals surface area contributed by atoms with Gasteiger partial charge in [0.05, 0.1) is 7.11 Å². The topological polar surface area (TPSA) is 67.9 Å². The van der Waals surface area contributed by atoms with Gasteiger partial charge in [-0.05, 0) is 13.8 Å². The zero-order valence-electron chi connectivity index (χ0n) is 9.20. The Morgan fingerprint density at radius 1 is 1.50 bits per heavy atom. The lowest BCUT2D eigenvalue weighted by atomic mass is 10.3. The first kappa shape index (κ1) is 10.8. The molecule has 2 rings (SSSR count). The van der Waals surface area contributed by atoms with Crippen LogP contribution in [0.5, 0.6) is 0 Å². The van der Waals surface area contributed by atoms with Crippen molar-refractivity contribution < 1.29 is 9.53 Å². The van der Waals surface area contributed by atoms with Crippen molar-refractivity contribution in [2.75, 3.05) is 7.11 Å². The van der Waals surface area contributed by atoms with E-state index in [1.807, 2.05) is 6.92 Å². The summed E-state index contributed by atoms with van der Waals surface area (Å²) < 4.78 is 4.63. The van der Waals surface area contributed by atoms with Crippen LogP contribution in [0.2, 0.25) is 0 Å². The Labute approximate surface area is 96.5 Å². The van der Waals surface area contributed by atoms with Crippen LogP contribution in [-0.4, -0.2) is 28.0 Å². The molecular formula is C10H11N3O2S. The van der Waals surface area contributed by atoms with E-state index in [-0.39, 0.29) is 0 Å². The fraction of sp³-hybridized carbons (Fsp3) is 0.300. The summed E-state index contributed by atoms with van der Waals surface area (Å²) in [6.07, 6.45) is 1.77. The average molecular weight is 237 g/mol. The van der Waals surface area contributed by atoms with E-state index < -0.39 is 5.97 Å². The molecule has 0 aliphatic carbocycles. The molecule has 1 N–H and O–H groups in total. The summed E-state index contributed by atoms with van der Waals surface area (Å²) in [6.45, 7) is 3.75. The molecule has 0 aromatic carbocycles. The molecule has 0 fully saturated rings. The van der Waals surface area contributed by atoms with Crippen LogP contribution in [0.3, 0.4) is 0 Å². The van der Waals surface area contributed by atoms with Gasteiger partial charge in [0.2, 0.25) is 0 Å². The number of carbonyl (C=O) groups is 1. The molecule has 0 saturated heterocycles. The Bertz CT molecular complexity index is 530. The highest BCUT2D eigenvalue weighted by Gasteiger charge is 2.17. The number of aromatic amines is 1. The van der Waals surface area contributed by atoms with Gasteiger partial charge in [0, 0.05) is 16.8 Å². The fourth-order valence-electron chi connectivity index (χ4n) is 1.32. The third-order valence-electron chi connectivity index (χ3n) is 2.09. The SMILES string of the molecule is COC(=O)c1nc(-c2ncc(C)s2)[nH]c1C. The van der Waals surface area contributed by atoms with E-state index in [4.69, 9.17) is 0 Å². The molecule has 0 saturated carbocycles. The van der Waals surface area contributed by atoms with Gasteiger partial charge in [0.25, 0.3) is 0 Å². The maximum absolute atomic E-state index is 11.4. The van der Waals surface area contributed by atoms with Gasteiger partial charge in [0.1, 0.15) is 0 Å². The second-order valence-corrected chi connectivity index (χ2v) is 4.56. The zero-order chi connectivity index (χ0) is 11.7. The van der Waals surface area contributed by atoms with E-state index >= 15 is 0 Å². The zero-order valence-corrected chi connectivity index (χ0v) is 10.0. The third kappa shape index (κ3) is 1.83. The van der Waals surface area contributed by atoms with Crippen molar-refractivity contribution in [2.24, 2.45) is 0 Å². The van der Waals surface area contributed by atoms with E-state index in [0.29, 0.717) is 17.2 Å². The van der Waals surface area contributed by atoms with Crippen molar-refractivity contribution in [2.45, 2.75) is 13.8 Å². The van der Waals surface area contributed by atoms with Gasteiger partial charge in [-0.25, -0.2) is 14.8 Å². The molecule has 16 heavy (non-hydrogen) atoms. The maximum Gasteiger partial charge on any atom is 0.358 e. The fourth-order valence-corrected chi connectivity index (χ4v) is 2.03. The Hall–Kier alpha value is -1.69. The third-order valence-corrected chi connectivity index (χ3v) is 3.01. The van der Waals surface area contributed by atoms with Crippen LogP contribution in [0.1, 0.15) is 21.1 Å². The minimum absolute atomic E-state index is 0.311. The highest BCUT2D eigenvalue weighted by molar-refractivity contribution is 7.14. The maximum atomic E-state index is 11.4. The number of carbonyl (C=O) groups excluding carboxylic acids is 1. The lowest BCUT2D eigenvalue weighted by Crippen LogP contribution is -2.03.